The number of methoxy groups -OCH3 is 1. The summed E-state index contributed by atoms with van der Waals surface area (Å²) in [5.74, 6) is -0.102. The number of nitrogens with zero attached hydrogens (tertiary/aromatic N) is 2. The number of aryl methyl sites for hydroxylation is 1. The first-order valence-electron chi connectivity index (χ1n) is 8.44. The van der Waals surface area contributed by atoms with Crippen molar-refractivity contribution in [1.82, 2.24) is 4.98 Å². The van der Waals surface area contributed by atoms with Crippen molar-refractivity contribution in [2.24, 2.45) is 11.3 Å². The highest BCUT2D eigenvalue weighted by Crippen LogP contribution is 2.51. The Bertz CT molecular complexity index is 822. The van der Waals surface area contributed by atoms with E-state index in [1.54, 1.807) is 6.07 Å². The van der Waals surface area contributed by atoms with Gasteiger partial charge in [-0.3, -0.25) is 4.79 Å². The Morgan fingerprint density at radius 2 is 2.29 bits per heavy atom. The third kappa shape index (κ3) is 2.10. The van der Waals surface area contributed by atoms with Crippen molar-refractivity contribution in [3.05, 3.63) is 35.8 Å². The highest BCUT2D eigenvalue weighted by atomic mass is 19.1. The quantitative estimate of drug-likeness (QED) is 0.792. The maximum Gasteiger partial charge on any atom is 0.313 e. The van der Waals surface area contributed by atoms with Gasteiger partial charge in [0.1, 0.15) is 11.3 Å². The number of pyridine rings is 1. The van der Waals surface area contributed by atoms with Gasteiger partial charge in [0.05, 0.1) is 12.5 Å². The fourth-order valence-electron chi connectivity index (χ4n) is 4.59. The van der Waals surface area contributed by atoms with Crippen molar-refractivity contribution >= 4 is 22.6 Å². The molecule has 2 aromatic rings. The molecule has 1 aliphatic carbocycles. The Kier molecular flexibility index (Phi) is 3.48. The Labute approximate surface area is 140 Å². The van der Waals surface area contributed by atoms with E-state index in [9.17, 15) is 9.18 Å². The van der Waals surface area contributed by atoms with Crippen LogP contribution in [0.25, 0.3) is 10.9 Å². The summed E-state index contributed by atoms with van der Waals surface area (Å²) >= 11 is 0. The summed E-state index contributed by atoms with van der Waals surface area (Å²) < 4.78 is 19.3. The van der Waals surface area contributed by atoms with Crippen molar-refractivity contribution < 1.29 is 13.9 Å². The first-order chi connectivity index (χ1) is 11.5. The first kappa shape index (κ1) is 15.4. The molecule has 2 heterocycles. The summed E-state index contributed by atoms with van der Waals surface area (Å²) in [5, 5.41) is 0.806. The van der Waals surface area contributed by atoms with Crippen molar-refractivity contribution in [2.75, 3.05) is 25.1 Å². The first-order valence-corrected chi connectivity index (χ1v) is 8.44. The van der Waals surface area contributed by atoms with Crippen molar-refractivity contribution in [3.8, 4) is 0 Å². The molecule has 4 nitrogen and oxygen atoms in total. The molecule has 5 heteroatoms. The van der Waals surface area contributed by atoms with Gasteiger partial charge in [-0.25, -0.2) is 9.37 Å². The lowest BCUT2D eigenvalue weighted by molar-refractivity contribution is -0.152. The molecule has 0 radical (unpaired) electrons. The summed E-state index contributed by atoms with van der Waals surface area (Å²) in [7, 11) is 1.47. The van der Waals surface area contributed by atoms with Gasteiger partial charge in [-0.2, -0.15) is 0 Å². The summed E-state index contributed by atoms with van der Waals surface area (Å²) in [6.45, 7) is 3.33. The minimum Gasteiger partial charge on any atom is -0.469 e. The zero-order valence-corrected chi connectivity index (χ0v) is 14.0. The molecule has 0 bridgehead atoms. The lowest BCUT2D eigenvalue weighted by atomic mass is 9.81. The van der Waals surface area contributed by atoms with Gasteiger partial charge in [-0.15, -0.1) is 0 Å². The number of halogens is 1. The molecule has 1 aromatic heterocycles. The number of carbonyl (C=O) groups excluding carboxylic acids is 1. The maximum atomic E-state index is 14.2. The van der Waals surface area contributed by atoms with Crippen LogP contribution < -0.4 is 4.90 Å². The number of aromatic nitrogens is 1. The molecule has 4 rings (SSSR count). The van der Waals surface area contributed by atoms with Crippen LogP contribution in [0.2, 0.25) is 0 Å². The number of benzene rings is 1. The molecule has 0 N–H and O–H groups in total. The third-order valence-electron chi connectivity index (χ3n) is 5.70. The van der Waals surface area contributed by atoms with Crippen LogP contribution >= 0.6 is 0 Å². The van der Waals surface area contributed by atoms with E-state index in [4.69, 9.17) is 4.74 Å². The Hall–Kier alpha value is -2.17. The van der Waals surface area contributed by atoms with Gasteiger partial charge in [0.25, 0.3) is 0 Å². The minimum absolute atomic E-state index is 0.103. The van der Waals surface area contributed by atoms with Crippen molar-refractivity contribution in [2.45, 2.75) is 26.2 Å². The number of anilines is 1. The molecule has 2 unspecified atom stereocenters. The highest BCUT2D eigenvalue weighted by Gasteiger charge is 2.55. The van der Waals surface area contributed by atoms with Gasteiger partial charge >= 0.3 is 5.97 Å². The molecule has 0 amide bonds. The van der Waals surface area contributed by atoms with Crippen LogP contribution in [0.3, 0.4) is 0 Å². The zero-order chi connectivity index (χ0) is 16.9. The second-order valence-corrected chi connectivity index (χ2v) is 7.04. The SMILES string of the molecule is COC(=O)C12CCCC1CN(c1cc(C)nc3c(F)cccc13)C2. The van der Waals surface area contributed by atoms with Crippen LogP contribution in [-0.4, -0.2) is 31.2 Å². The highest BCUT2D eigenvalue weighted by molar-refractivity contribution is 5.93. The number of rotatable bonds is 2. The molecule has 24 heavy (non-hydrogen) atoms. The average Bonchev–Trinajstić information content (AvgIpc) is 3.12. The van der Waals surface area contributed by atoms with Gasteiger partial charge in [-0.05, 0) is 37.8 Å². The smallest absolute Gasteiger partial charge is 0.313 e. The van der Waals surface area contributed by atoms with E-state index in [0.29, 0.717) is 18.0 Å². The normalized spacial score (nSPS) is 26.0. The van der Waals surface area contributed by atoms with Gasteiger partial charge in [-0.1, -0.05) is 18.6 Å². The van der Waals surface area contributed by atoms with Gasteiger partial charge in [0.2, 0.25) is 0 Å². The van der Waals surface area contributed by atoms with Crippen LogP contribution in [-0.2, 0) is 9.53 Å². The Morgan fingerprint density at radius 3 is 3.08 bits per heavy atom. The van der Waals surface area contributed by atoms with E-state index >= 15 is 0 Å². The monoisotopic (exact) mass is 328 g/mol. The molecule has 2 aliphatic rings. The van der Waals surface area contributed by atoms with E-state index < -0.39 is 5.41 Å². The van der Waals surface area contributed by atoms with E-state index in [0.717, 1.165) is 42.6 Å². The number of fused-ring (bicyclic) bond motifs is 2. The number of esters is 1. The van der Waals surface area contributed by atoms with Crippen molar-refractivity contribution in [3.63, 3.8) is 0 Å². The summed E-state index contributed by atoms with van der Waals surface area (Å²) in [5.41, 5.74) is 1.74. The molecular formula is C19H21FN2O2. The summed E-state index contributed by atoms with van der Waals surface area (Å²) in [6, 6.07) is 7.05. The summed E-state index contributed by atoms with van der Waals surface area (Å²) in [6.07, 6.45) is 2.98. The molecular weight excluding hydrogens is 307 g/mol. The second-order valence-electron chi connectivity index (χ2n) is 7.04. The number of ether oxygens (including phenoxy) is 1. The standard InChI is InChI=1S/C19H21FN2O2/c1-12-9-16(14-6-3-7-15(20)17(14)21-12)22-10-13-5-4-8-19(13,11-22)18(23)24-2/h3,6-7,9,13H,4-5,8,10-11H2,1-2H3. The van der Waals surface area contributed by atoms with Crippen LogP contribution in [0.4, 0.5) is 10.1 Å². The fraction of sp³-hybridized carbons (Fsp3) is 0.474. The van der Waals surface area contributed by atoms with Crippen LogP contribution in [0.5, 0.6) is 0 Å². The van der Waals surface area contributed by atoms with Crippen LogP contribution in [0.15, 0.2) is 24.3 Å². The predicted octanol–water partition coefficient (Wildman–Crippen LogP) is 3.46. The number of hydrogen-bond donors (Lipinski definition) is 0. The predicted molar refractivity (Wildman–Crippen MR) is 90.4 cm³/mol. The lowest BCUT2D eigenvalue weighted by Gasteiger charge is -2.26. The largest absolute Gasteiger partial charge is 0.469 e. The van der Waals surface area contributed by atoms with Gasteiger partial charge in [0, 0.05) is 29.9 Å². The molecule has 1 aliphatic heterocycles. The van der Waals surface area contributed by atoms with Gasteiger partial charge in [0.15, 0.2) is 0 Å². The van der Waals surface area contributed by atoms with E-state index in [1.807, 2.05) is 19.1 Å². The number of carbonyl (C=O) groups is 1. The lowest BCUT2D eigenvalue weighted by Crippen LogP contribution is -2.37. The molecule has 1 saturated heterocycles. The molecule has 2 atom stereocenters. The second kappa shape index (κ2) is 5.43. The average molecular weight is 328 g/mol. The van der Waals surface area contributed by atoms with E-state index in [2.05, 4.69) is 9.88 Å². The number of hydrogen-bond acceptors (Lipinski definition) is 4. The van der Waals surface area contributed by atoms with E-state index in [1.165, 1.54) is 13.2 Å². The van der Waals surface area contributed by atoms with Crippen LogP contribution in [0, 0.1) is 24.1 Å². The molecule has 126 valence electrons. The Morgan fingerprint density at radius 1 is 1.46 bits per heavy atom. The fourth-order valence-corrected chi connectivity index (χ4v) is 4.59. The zero-order valence-electron chi connectivity index (χ0n) is 14.0. The molecule has 1 aromatic carbocycles. The van der Waals surface area contributed by atoms with Crippen molar-refractivity contribution in [1.29, 1.82) is 0 Å². The summed E-state index contributed by atoms with van der Waals surface area (Å²) in [4.78, 5) is 19.0. The van der Waals surface area contributed by atoms with Crippen LogP contribution in [0.1, 0.15) is 25.0 Å². The Balaban J connectivity index is 1.80. The topological polar surface area (TPSA) is 42.4 Å². The maximum absolute atomic E-state index is 14.2. The molecule has 1 saturated carbocycles. The van der Waals surface area contributed by atoms with Gasteiger partial charge < -0.3 is 9.64 Å². The molecule has 0 spiro atoms. The third-order valence-corrected chi connectivity index (χ3v) is 5.70. The minimum atomic E-state index is -0.411. The number of para-hydroxylation sites is 1. The van der Waals surface area contributed by atoms with E-state index in [-0.39, 0.29) is 11.8 Å². The molecule has 2 fully saturated rings.